The maximum Gasteiger partial charge on any atom is 0.319 e. The van der Waals surface area contributed by atoms with Gasteiger partial charge in [-0.3, -0.25) is 4.79 Å². The van der Waals surface area contributed by atoms with E-state index in [1.807, 2.05) is 0 Å². The zero-order valence-corrected chi connectivity index (χ0v) is 10.9. The normalized spacial score (nSPS) is 10.3. The molecule has 2 amide bonds. The minimum atomic E-state index is -0.549. The number of aliphatic hydroxyl groups is 1. The van der Waals surface area contributed by atoms with E-state index in [1.165, 1.54) is 13.3 Å². The number of hydrogen-bond donors (Lipinski definition) is 4. The molecule has 0 unspecified atom stereocenters. The number of ether oxygens (including phenoxy) is 1. The van der Waals surface area contributed by atoms with Gasteiger partial charge in [-0.25, -0.2) is 4.79 Å². The highest BCUT2D eigenvalue weighted by Crippen LogP contribution is 2.17. The van der Waals surface area contributed by atoms with Crippen molar-refractivity contribution in [2.75, 3.05) is 25.6 Å². The first kappa shape index (κ1) is 13.9. The number of anilines is 1. The Labute approximate surface area is 114 Å². The first-order valence-electron chi connectivity index (χ1n) is 6.01. The van der Waals surface area contributed by atoms with E-state index in [4.69, 9.17) is 9.84 Å². The maximum absolute atomic E-state index is 12.2. The van der Waals surface area contributed by atoms with Crippen LogP contribution in [0.25, 0.3) is 10.9 Å². The molecular formula is C13H15N3O4. The predicted molar refractivity (Wildman–Crippen MR) is 75.2 cm³/mol. The summed E-state index contributed by atoms with van der Waals surface area (Å²) in [5.41, 5.74) is 0.468. The summed E-state index contributed by atoms with van der Waals surface area (Å²) < 4.78 is 5.07. The molecule has 1 heterocycles. The van der Waals surface area contributed by atoms with E-state index in [2.05, 4.69) is 15.6 Å². The van der Waals surface area contributed by atoms with Crippen LogP contribution in [0.1, 0.15) is 0 Å². The monoisotopic (exact) mass is 277 g/mol. The van der Waals surface area contributed by atoms with Crippen LogP contribution in [0.4, 0.5) is 10.5 Å². The van der Waals surface area contributed by atoms with Crippen LogP contribution in [-0.4, -0.2) is 36.4 Å². The zero-order chi connectivity index (χ0) is 14.5. The third-order valence-electron chi connectivity index (χ3n) is 2.73. The van der Waals surface area contributed by atoms with Crippen molar-refractivity contribution in [3.8, 4) is 5.75 Å². The Balaban J connectivity index is 2.33. The fraction of sp³-hybridized carbons (Fsp3) is 0.231. The van der Waals surface area contributed by atoms with E-state index in [0.717, 1.165) is 0 Å². The van der Waals surface area contributed by atoms with Crippen molar-refractivity contribution in [3.63, 3.8) is 0 Å². The van der Waals surface area contributed by atoms with Crippen molar-refractivity contribution in [3.05, 3.63) is 34.6 Å². The van der Waals surface area contributed by atoms with Gasteiger partial charge >= 0.3 is 6.03 Å². The molecule has 0 spiro atoms. The lowest BCUT2D eigenvalue weighted by molar-refractivity contribution is 0.245. The van der Waals surface area contributed by atoms with Crippen molar-refractivity contribution in [2.45, 2.75) is 0 Å². The van der Waals surface area contributed by atoms with Crippen molar-refractivity contribution < 1.29 is 14.6 Å². The molecule has 0 aliphatic heterocycles. The van der Waals surface area contributed by atoms with Crippen LogP contribution < -0.4 is 20.8 Å². The second-order valence-electron chi connectivity index (χ2n) is 4.05. The second-order valence-corrected chi connectivity index (χ2v) is 4.05. The number of aromatic nitrogens is 1. The Morgan fingerprint density at radius 2 is 2.25 bits per heavy atom. The topological polar surface area (TPSA) is 103 Å². The number of urea groups is 1. The van der Waals surface area contributed by atoms with Gasteiger partial charge in [0.15, 0.2) is 0 Å². The van der Waals surface area contributed by atoms with Crippen LogP contribution in [0.15, 0.2) is 29.2 Å². The lowest BCUT2D eigenvalue weighted by atomic mass is 10.2. The molecule has 7 nitrogen and oxygen atoms in total. The second kappa shape index (κ2) is 6.07. The Morgan fingerprint density at radius 1 is 1.45 bits per heavy atom. The summed E-state index contributed by atoms with van der Waals surface area (Å²) in [4.78, 5) is 26.6. The lowest BCUT2D eigenvalue weighted by Crippen LogP contribution is -2.32. The number of fused-ring (bicyclic) bond motifs is 1. The van der Waals surface area contributed by atoms with Gasteiger partial charge in [-0.1, -0.05) is 0 Å². The highest BCUT2D eigenvalue weighted by atomic mass is 16.5. The Morgan fingerprint density at radius 3 is 2.95 bits per heavy atom. The zero-order valence-electron chi connectivity index (χ0n) is 10.9. The van der Waals surface area contributed by atoms with E-state index < -0.39 is 6.03 Å². The van der Waals surface area contributed by atoms with Gasteiger partial charge in [0, 0.05) is 18.3 Å². The predicted octanol–water partition coefficient (Wildman–Crippen LogP) is 0.650. The molecule has 0 aliphatic carbocycles. The fourth-order valence-electron chi connectivity index (χ4n) is 1.75. The highest BCUT2D eigenvalue weighted by Gasteiger charge is 2.08. The van der Waals surface area contributed by atoms with E-state index in [-0.39, 0.29) is 24.3 Å². The van der Waals surface area contributed by atoms with Gasteiger partial charge in [0.25, 0.3) is 0 Å². The summed E-state index contributed by atoms with van der Waals surface area (Å²) in [5, 5.41) is 13.9. The van der Waals surface area contributed by atoms with E-state index in [9.17, 15) is 9.59 Å². The van der Waals surface area contributed by atoms with Gasteiger partial charge < -0.3 is 25.5 Å². The molecule has 1 aromatic carbocycles. The SMILES string of the molecule is COc1ccc2[nH]cc(NC(=O)NCCO)c(=O)c2c1. The largest absolute Gasteiger partial charge is 0.497 e. The van der Waals surface area contributed by atoms with Crippen LogP contribution in [0.5, 0.6) is 5.75 Å². The van der Waals surface area contributed by atoms with E-state index in [0.29, 0.717) is 16.7 Å². The highest BCUT2D eigenvalue weighted by molar-refractivity contribution is 5.92. The minimum absolute atomic E-state index is 0.116. The van der Waals surface area contributed by atoms with Gasteiger partial charge in [0.1, 0.15) is 11.4 Å². The number of H-pyrrole nitrogens is 1. The molecule has 0 radical (unpaired) electrons. The lowest BCUT2D eigenvalue weighted by Gasteiger charge is -2.07. The average Bonchev–Trinajstić information content (AvgIpc) is 2.47. The van der Waals surface area contributed by atoms with Crippen LogP contribution in [0, 0.1) is 0 Å². The first-order valence-corrected chi connectivity index (χ1v) is 6.01. The third kappa shape index (κ3) is 2.89. The minimum Gasteiger partial charge on any atom is -0.497 e. The summed E-state index contributed by atoms with van der Waals surface area (Å²) >= 11 is 0. The van der Waals surface area contributed by atoms with Gasteiger partial charge in [-0.15, -0.1) is 0 Å². The van der Waals surface area contributed by atoms with Crippen molar-refractivity contribution in [2.24, 2.45) is 0 Å². The molecule has 0 fully saturated rings. The molecule has 7 heteroatoms. The third-order valence-corrected chi connectivity index (χ3v) is 2.73. The summed E-state index contributed by atoms with van der Waals surface area (Å²) in [5.74, 6) is 0.560. The average molecular weight is 277 g/mol. The van der Waals surface area contributed by atoms with Gasteiger partial charge in [-0.2, -0.15) is 0 Å². The molecule has 4 N–H and O–H groups in total. The van der Waals surface area contributed by atoms with Crippen LogP contribution in [-0.2, 0) is 0 Å². The van der Waals surface area contributed by atoms with Gasteiger partial charge in [0.05, 0.1) is 19.1 Å². The quantitative estimate of drug-likeness (QED) is 0.658. The molecule has 2 aromatic rings. The fourth-order valence-corrected chi connectivity index (χ4v) is 1.75. The summed E-state index contributed by atoms with van der Waals surface area (Å²) in [6, 6.07) is 4.52. The Bertz CT molecular complexity index is 681. The summed E-state index contributed by atoms with van der Waals surface area (Å²) in [6.45, 7) is -0.0517. The van der Waals surface area contributed by atoms with E-state index in [1.54, 1.807) is 18.2 Å². The van der Waals surface area contributed by atoms with Crippen molar-refractivity contribution >= 4 is 22.6 Å². The molecule has 0 saturated heterocycles. The number of rotatable bonds is 4. The number of nitrogens with one attached hydrogen (secondary N) is 3. The molecule has 2 rings (SSSR count). The standard InChI is InChI=1S/C13H15N3O4/c1-20-8-2-3-10-9(6-8)12(18)11(7-15-10)16-13(19)14-4-5-17/h2-3,6-7,17H,4-5H2,1H3,(H,15,18)(H2,14,16,19). The Hall–Kier alpha value is -2.54. The van der Waals surface area contributed by atoms with E-state index >= 15 is 0 Å². The molecule has 0 saturated carbocycles. The Kier molecular flexibility index (Phi) is 4.21. The number of methoxy groups -OCH3 is 1. The number of aromatic amines is 1. The molecule has 106 valence electrons. The molecule has 20 heavy (non-hydrogen) atoms. The van der Waals surface area contributed by atoms with Gasteiger partial charge in [-0.05, 0) is 18.2 Å². The first-order chi connectivity index (χ1) is 9.65. The molecule has 0 atom stereocenters. The molecule has 0 aliphatic rings. The van der Waals surface area contributed by atoms with Crippen LogP contribution in [0.2, 0.25) is 0 Å². The number of carbonyl (C=O) groups is 1. The number of carbonyl (C=O) groups excluding carboxylic acids is 1. The number of hydrogen-bond acceptors (Lipinski definition) is 4. The molecular weight excluding hydrogens is 262 g/mol. The van der Waals surface area contributed by atoms with Crippen LogP contribution in [0.3, 0.4) is 0 Å². The smallest absolute Gasteiger partial charge is 0.319 e. The number of pyridine rings is 1. The number of amides is 2. The summed E-state index contributed by atoms with van der Waals surface area (Å²) in [6.07, 6.45) is 1.43. The van der Waals surface area contributed by atoms with Crippen LogP contribution >= 0.6 is 0 Å². The molecule has 0 bridgehead atoms. The van der Waals surface area contributed by atoms with Crippen molar-refractivity contribution in [1.29, 1.82) is 0 Å². The van der Waals surface area contributed by atoms with Gasteiger partial charge in [0.2, 0.25) is 5.43 Å². The maximum atomic E-state index is 12.2. The van der Waals surface area contributed by atoms with Crippen molar-refractivity contribution in [1.82, 2.24) is 10.3 Å². The molecule has 1 aromatic heterocycles. The summed E-state index contributed by atoms with van der Waals surface area (Å²) in [7, 11) is 1.51. The number of aliphatic hydroxyl groups excluding tert-OH is 1. The number of benzene rings is 1.